The molecule has 0 aliphatic carbocycles. The van der Waals surface area contributed by atoms with Gasteiger partial charge < -0.3 is 56.2 Å². The van der Waals surface area contributed by atoms with Gasteiger partial charge in [0.05, 0.1) is 0 Å². The molecular weight excluding hydrogens is 1430 g/mol. The molecule has 0 radical (unpaired) electrons. The van der Waals surface area contributed by atoms with Crippen molar-refractivity contribution in [3.63, 3.8) is 0 Å². The molecule has 0 heterocycles. The summed E-state index contributed by atoms with van der Waals surface area (Å²) in [6, 6.07) is 101. The first-order valence-corrected chi connectivity index (χ1v) is 38.9. The Kier molecular flexibility index (Phi) is 47.9. The Balaban J connectivity index is -0.00000135. The number of hydrogen-bond acceptors (Lipinski definition) is 11. The largest absolute Gasteiger partial charge is 0.508 e. The summed E-state index contributed by atoms with van der Waals surface area (Å²) in [5.74, 6) is 5.02. The zero-order valence-electron chi connectivity index (χ0n) is 82.5. The molecule has 11 N–H and O–H groups in total. The summed E-state index contributed by atoms with van der Waals surface area (Å²) in [6.45, 7) is 39.7. The van der Waals surface area contributed by atoms with Crippen molar-refractivity contribution in [1.82, 2.24) is 0 Å². The maximum atomic E-state index is 6.85. The van der Waals surface area contributed by atoms with Crippen LogP contribution in [-0.2, 0) is 16.2 Å². The van der Waals surface area contributed by atoms with Gasteiger partial charge in [0.2, 0.25) is 2.86 Å². The van der Waals surface area contributed by atoms with Crippen molar-refractivity contribution in [2.75, 3.05) is 14.2 Å². The lowest BCUT2D eigenvalue weighted by Gasteiger charge is -2.26. The number of aliphatic hydroxyl groups excluding tert-OH is 2. The Hall–Kier alpha value is -11.5. The molecule has 115 heavy (non-hydrogen) atoms. The van der Waals surface area contributed by atoms with Gasteiger partial charge in [0.15, 0.2) is 0 Å². The van der Waals surface area contributed by atoms with Crippen LogP contribution in [0.2, 0.25) is 0 Å². The third kappa shape index (κ3) is 43.9. The molecule has 0 spiro atoms. The van der Waals surface area contributed by atoms with Gasteiger partial charge in [0.25, 0.3) is 12.9 Å². The van der Waals surface area contributed by atoms with Gasteiger partial charge in [-0.3, -0.25) is 0 Å². The van der Waals surface area contributed by atoms with E-state index in [9.17, 15) is 0 Å². The maximum Gasteiger partial charge on any atom is 0.293 e. The molecule has 0 saturated heterocycles. The highest BCUT2D eigenvalue weighted by atomic mass is 16.3. The van der Waals surface area contributed by atoms with E-state index in [1.54, 1.807) is 91.0 Å². The molecule has 0 amide bonds. The van der Waals surface area contributed by atoms with E-state index in [1.807, 2.05) is 148 Å². The van der Waals surface area contributed by atoms with E-state index >= 15 is 0 Å². The first-order chi connectivity index (χ1) is 60.1. The second kappa shape index (κ2) is 63.0. The van der Waals surface area contributed by atoms with E-state index in [0.717, 1.165) is 50.1 Å². The van der Waals surface area contributed by atoms with Gasteiger partial charge in [0, 0.05) is 30.5 Å². The quantitative estimate of drug-likeness (QED) is 0.0463. The first kappa shape index (κ1) is 87.5. The maximum absolute atomic E-state index is 6.85. The molecule has 0 aromatic heterocycles. The second-order valence-electron chi connectivity index (χ2n) is 27.5. The summed E-state index contributed by atoms with van der Waals surface area (Å²) < 4.78 is 72.3. The topological polar surface area (TPSA) is 223 Å². The van der Waals surface area contributed by atoms with Gasteiger partial charge in [-0.05, 0) is 183 Å². The fourth-order valence-corrected chi connectivity index (χ4v) is 9.66. The number of aryl methyl sites for hydroxylation is 3. The van der Waals surface area contributed by atoms with Crippen molar-refractivity contribution in [2.45, 2.75) is 187 Å². The Labute approximate surface area is 709 Å². The van der Waals surface area contributed by atoms with Gasteiger partial charge in [-0.2, -0.15) is 0 Å². The van der Waals surface area contributed by atoms with E-state index in [-0.39, 0.29) is 23.7 Å². The highest BCUT2D eigenvalue weighted by Gasteiger charge is 2.25. The van der Waals surface area contributed by atoms with E-state index in [2.05, 4.69) is 264 Å². The highest BCUT2D eigenvalue weighted by Crippen LogP contribution is 2.36. The van der Waals surface area contributed by atoms with Crippen LogP contribution in [0.25, 0.3) is 21.5 Å². The third-order valence-electron chi connectivity index (χ3n) is 16.1. The Morgan fingerprint density at radius 3 is 0.435 bits per heavy atom. The number of phenols is 9. The lowest BCUT2D eigenvalue weighted by Crippen LogP contribution is -2.18. The molecule has 0 aliphatic rings. The van der Waals surface area contributed by atoms with Crippen molar-refractivity contribution in [3.05, 3.63) is 366 Å². The molecule has 0 atom stereocenters. The smallest absolute Gasteiger partial charge is 0.293 e. The normalized spacial score (nSPS) is 10.6. The van der Waals surface area contributed by atoms with Gasteiger partial charge in [-0.15, -0.1) is 0 Å². The number of para-hydroxylation sites is 3. The van der Waals surface area contributed by atoms with Crippen LogP contribution in [0.3, 0.4) is 0 Å². The average Bonchev–Trinajstić information content (AvgIpc) is 0.811. The molecule has 0 bridgehead atoms. The van der Waals surface area contributed by atoms with Crippen LogP contribution < -0.4 is 0 Å². The monoisotopic (exact) mass is 1580 g/mol. The van der Waals surface area contributed by atoms with Crippen LogP contribution in [-0.4, -0.2) is 86.2 Å². The number of rotatable bonds is 15. The first-order valence-electron chi connectivity index (χ1n) is 43.4. The minimum absolute atomic E-state index is 0. The number of aliphatic hydroxyl groups is 2. The highest BCUT2D eigenvalue weighted by molar-refractivity contribution is 5.82. The molecule has 11 nitrogen and oxygen atoms in total. The third-order valence-corrected chi connectivity index (χ3v) is 16.1. The van der Waals surface area contributed by atoms with Gasteiger partial charge in [-0.25, -0.2) is 0 Å². The summed E-state index contributed by atoms with van der Waals surface area (Å²) in [6.07, 6.45) is 6.25. The van der Waals surface area contributed by atoms with Crippen molar-refractivity contribution in [3.8, 4) is 51.7 Å². The van der Waals surface area contributed by atoms with E-state index in [4.69, 9.17) is 15.7 Å². The molecule has 13 aromatic carbocycles. The molecule has 11 heteroatoms. The van der Waals surface area contributed by atoms with Crippen LogP contribution in [0.1, 0.15) is 200 Å². The molecule has 0 fully saturated rings. The molecule has 13 aromatic rings. The average molecular weight is 1580 g/mol. The fourth-order valence-electron chi connectivity index (χ4n) is 9.66. The summed E-state index contributed by atoms with van der Waals surface area (Å²) in [7, 11) is 2.58. The number of fused-ring (bicyclic) bond motifs is 2. The number of aromatic hydroxyl groups is 9. The Morgan fingerprint density at radius 2 is 0.330 bits per heavy atom. The molecule has 0 unspecified atom stereocenters. The van der Waals surface area contributed by atoms with E-state index < -0.39 is 0 Å². The summed E-state index contributed by atoms with van der Waals surface area (Å²) in [5, 5.41) is 51.7. The van der Waals surface area contributed by atoms with Crippen molar-refractivity contribution < 1.29 is 56.2 Å². The molecule has 0 aliphatic heterocycles. The standard InChI is InChI=1S/3C15H16O2.2C10H8.3C7H8O.5C3H8.2CH4O.CH4/c3*1-15(2,11-3-7-13(16)8-4-11)12-5-9-14(17)10-6-12;2*1-2-6-10-8-4-3-7-9(10)5-1;3*1-6-4-2-3-5-7(6)8;5*1-3-2;2*1-2;/h3*3-10,16-17H,1-2H3;2*1-8H;3*2-5,8H,1H3;5*3H2,1-2H3;2*2H,1H3;1H4/i;;;;;;;;;;;;;2*2D;/hD9. The lowest BCUT2D eigenvalue weighted by molar-refractivity contribution is 0.399. The van der Waals surface area contributed by atoms with Crippen LogP contribution in [0.4, 0.5) is 0 Å². The number of hydrogen-bond donors (Lipinski definition) is 11. The second-order valence-corrected chi connectivity index (χ2v) is 27.5. The Bertz CT molecular complexity index is 4020. The van der Waals surface area contributed by atoms with E-state index in [1.165, 1.54) is 67.9 Å². The van der Waals surface area contributed by atoms with Gasteiger partial charge >= 0.3 is 0 Å². The van der Waals surface area contributed by atoms with Crippen LogP contribution in [0.15, 0.2) is 315 Å². The van der Waals surface area contributed by atoms with Crippen molar-refractivity contribution in [2.24, 2.45) is 0 Å². The van der Waals surface area contributed by atoms with Gasteiger partial charge in [-0.1, -0.05) is 375 Å². The molecule has 0 saturated carbocycles. The predicted octanol–water partition coefficient (Wildman–Crippen LogP) is 28.0. The zero-order chi connectivity index (χ0) is 94.3. The fraction of sp³-hybridized carbons (Fsp3) is 0.288. The lowest BCUT2D eigenvalue weighted by atomic mass is 9.78. The molecule has 622 valence electrons. The van der Waals surface area contributed by atoms with Gasteiger partial charge in [0.1, 0.15) is 51.7 Å². The summed E-state index contributed by atoms with van der Waals surface area (Å²) >= 11 is 0. The Morgan fingerprint density at radius 1 is 0.209 bits per heavy atom. The van der Waals surface area contributed by atoms with Crippen LogP contribution >= 0.6 is 0 Å². The zero-order valence-corrected chi connectivity index (χ0v) is 71.5. The van der Waals surface area contributed by atoms with Crippen molar-refractivity contribution in [1.29, 1.82) is 15.7 Å². The van der Waals surface area contributed by atoms with E-state index in [0.29, 0.717) is 51.7 Å². The SMILES string of the molecule is C.CCC.CCC.CCC.CCC.CCC.[2H]OC.[2H]OC.[2H]Oc1ccc(C(C)(C)c2ccc(O[2H])cc2)cc1.[2H]Oc1ccc(C(C)(C)c2ccc(O[2H])cc2)cc1.[2H]Oc1ccc(C(C)(C)c2ccc(O[2H])cc2)cc1.[2H]Oc1ccccc1C.[2H]Oc1ccccc1C.[2H]Oc1ccccc1C.c1ccc2ccccc2c1.c1ccc2ccccc2c1. The number of benzene rings is 13. The van der Waals surface area contributed by atoms with Crippen molar-refractivity contribution >= 4 is 21.5 Å². The summed E-state index contributed by atoms with van der Waals surface area (Å²) in [5.41, 5.74) is 9.28. The molecule has 13 rings (SSSR count). The van der Waals surface area contributed by atoms with Crippen LogP contribution in [0, 0.1) is 20.8 Å². The van der Waals surface area contributed by atoms with Crippen LogP contribution in [0.5, 0.6) is 51.7 Å². The minimum atomic E-state index is -0.166. The summed E-state index contributed by atoms with van der Waals surface area (Å²) in [4.78, 5) is 0. The molecular formula is C104H140O11. The number of phenolic OH excluding ortho intramolecular Hbond substituents is 9. The predicted molar refractivity (Wildman–Crippen MR) is 494 cm³/mol. The minimum Gasteiger partial charge on any atom is -0.508 e.